The van der Waals surface area contributed by atoms with E-state index in [0.717, 1.165) is 18.0 Å². The second kappa shape index (κ2) is 5.48. The van der Waals surface area contributed by atoms with E-state index in [4.69, 9.17) is 0 Å². The number of hydrogen-bond donors (Lipinski definition) is 1. The fourth-order valence-electron chi connectivity index (χ4n) is 1.95. The van der Waals surface area contributed by atoms with Gasteiger partial charge < -0.3 is 5.32 Å². The lowest BCUT2D eigenvalue weighted by molar-refractivity contribution is 0.632. The van der Waals surface area contributed by atoms with Crippen LogP contribution in [0, 0.1) is 0 Å². The molecule has 3 rings (SSSR count). The van der Waals surface area contributed by atoms with E-state index < -0.39 is 0 Å². The van der Waals surface area contributed by atoms with Gasteiger partial charge in [0.1, 0.15) is 0 Å². The first kappa shape index (κ1) is 13.2. The number of aromatic nitrogens is 3. The molecule has 6 heteroatoms. The Balaban J connectivity index is 0.000000640. The van der Waals surface area contributed by atoms with Gasteiger partial charge in [0.05, 0.1) is 11.7 Å². The van der Waals surface area contributed by atoms with E-state index >= 15 is 0 Å². The first-order valence-corrected chi connectivity index (χ1v) is 4.96. The Kier molecular flexibility index (Phi) is 4.53. The van der Waals surface area contributed by atoms with Gasteiger partial charge in [-0.2, -0.15) is 0 Å². The van der Waals surface area contributed by atoms with Gasteiger partial charge in [0, 0.05) is 18.6 Å². The normalized spacial score (nSPS) is 19.1. The highest BCUT2D eigenvalue weighted by molar-refractivity contribution is 5.85. The maximum atomic E-state index is 4.48. The molecule has 1 N–H and O–H groups in total. The van der Waals surface area contributed by atoms with Crippen LogP contribution in [0.15, 0.2) is 24.7 Å². The van der Waals surface area contributed by atoms with E-state index in [2.05, 4.69) is 21.5 Å². The summed E-state index contributed by atoms with van der Waals surface area (Å²) in [5.41, 5.74) is 1.11. The summed E-state index contributed by atoms with van der Waals surface area (Å²) in [5.74, 6) is 0.788. The molecule has 1 fully saturated rings. The van der Waals surface area contributed by atoms with Gasteiger partial charge in [-0.3, -0.25) is 4.40 Å². The van der Waals surface area contributed by atoms with Crippen LogP contribution < -0.4 is 5.32 Å². The highest BCUT2D eigenvalue weighted by Crippen LogP contribution is 2.21. The van der Waals surface area contributed by atoms with Gasteiger partial charge in [0.2, 0.25) is 5.78 Å². The molecule has 3 heterocycles. The van der Waals surface area contributed by atoms with Crippen LogP contribution in [-0.2, 0) is 0 Å². The zero-order chi connectivity index (χ0) is 9.38. The van der Waals surface area contributed by atoms with Gasteiger partial charge in [-0.1, -0.05) is 0 Å². The highest BCUT2D eigenvalue weighted by Gasteiger charge is 2.18. The van der Waals surface area contributed by atoms with Crippen LogP contribution in [0.25, 0.3) is 5.78 Å². The standard InChI is InChI=1S/C10H12N4.2ClH/c1-3-8(11-4-1)9-7-14-6-2-5-12-10(14)13-9;;/h2,5-8,11H,1,3-4H2;2*1H. The second-order valence-electron chi connectivity index (χ2n) is 3.64. The van der Waals surface area contributed by atoms with Gasteiger partial charge in [-0.15, -0.1) is 24.8 Å². The predicted molar refractivity (Wildman–Crippen MR) is 67.5 cm³/mol. The van der Waals surface area contributed by atoms with Gasteiger partial charge >= 0.3 is 0 Å². The molecule has 1 aliphatic heterocycles. The van der Waals surface area contributed by atoms with Crippen LogP contribution in [0.2, 0.25) is 0 Å². The van der Waals surface area contributed by atoms with E-state index in [1.807, 2.05) is 16.7 Å². The molecule has 16 heavy (non-hydrogen) atoms. The van der Waals surface area contributed by atoms with Crippen LogP contribution in [0.1, 0.15) is 24.6 Å². The molecule has 2 aromatic heterocycles. The number of nitrogens with one attached hydrogen (secondary N) is 1. The van der Waals surface area contributed by atoms with E-state index in [0.29, 0.717) is 6.04 Å². The molecule has 0 amide bonds. The minimum absolute atomic E-state index is 0. The van der Waals surface area contributed by atoms with Crippen molar-refractivity contribution < 1.29 is 0 Å². The molecule has 4 nitrogen and oxygen atoms in total. The smallest absolute Gasteiger partial charge is 0.233 e. The zero-order valence-electron chi connectivity index (χ0n) is 8.67. The van der Waals surface area contributed by atoms with Crippen LogP contribution in [0.5, 0.6) is 0 Å². The minimum atomic E-state index is 0. The second-order valence-corrected chi connectivity index (χ2v) is 3.64. The van der Waals surface area contributed by atoms with Gasteiger partial charge in [0.25, 0.3) is 0 Å². The third-order valence-electron chi connectivity index (χ3n) is 2.67. The summed E-state index contributed by atoms with van der Waals surface area (Å²) in [5, 5.41) is 3.43. The average molecular weight is 261 g/mol. The molecule has 88 valence electrons. The molecule has 0 bridgehead atoms. The Morgan fingerprint density at radius 1 is 1.38 bits per heavy atom. The highest BCUT2D eigenvalue weighted by atomic mass is 35.5. The predicted octanol–water partition coefficient (Wildman–Crippen LogP) is 2.00. The SMILES string of the molecule is Cl.Cl.c1cnc2nc(C3CCCN3)cn2c1. The summed E-state index contributed by atoms with van der Waals surface area (Å²) in [7, 11) is 0. The molecular formula is C10H14Cl2N4. The average Bonchev–Trinajstić information content (AvgIpc) is 2.86. The molecule has 0 radical (unpaired) electrons. The lowest BCUT2D eigenvalue weighted by Gasteiger charge is -2.03. The van der Waals surface area contributed by atoms with Crippen LogP contribution >= 0.6 is 24.8 Å². The Labute approximate surface area is 106 Å². The van der Waals surface area contributed by atoms with Crippen LogP contribution in [0.4, 0.5) is 0 Å². The summed E-state index contributed by atoms with van der Waals surface area (Å²) >= 11 is 0. The largest absolute Gasteiger partial charge is 0.309 e. The summed E-state index contributed by atoms with van der Waals surface area (Å²) in [6.45, 7) is 1.10. The molecule has 0 aliphatic carbocycles. The van der Waals surface area contributed by atoms with Crippen molar-refractivity contribution >= 4 is 30.6 Å². The lowest BCUT2D eigenvalue weighted by atomic mass is 10.2. The molecule has 1 unspecified atom stereocenters. The topological polar surface area (TPSA) is 42.2 Å². The number of halogens is 2. The van der Waals surface area contributed by atoms with E-state index in [9.17, 15) is 0 Å². The van der Waals surface area contributed by atoms with Crippen molar-refractivity contribution in [1.82, 2.24) is 19.7 Å². The summed E-state index contributed by atoms with van der Waals surface area (Å²) < 4.78 is 1.97. The summed E-state index contributed by atoms with van der Waals surface area (Å²) in [6, 6.07) is 2.34. The molecular weight excluding hydrogens is 247 g/mol. The molecule has 0 aromatic carbocycles. The van der Waals surface area contributed by atoms with Gasteiger partial charge in [0.15, 0.2) is 0 Å². The lowest BCUT2D eigenvalue weighted by Crippen LogP contribution is -2.12. The molecule has 1 aliphatic rings. The van der Waals surface area contributed by atoms with Crippen molar-refractivity contribution in [3.8, 4) is 0 Å². The number of hydrogen-bond acceptors (Lipinski definition) is 3. The van der Waals surface area contributed by atoms with Gasteiger partial charge in [-0.25, -0.2) is 9.97 Å². The van der Waals surface area contributed by atoms with Crippen molar-refractivity contribution in [2.45, 2.75) is 18.9 Å². The number of nitrogens with zero attached hydrogens (tertiary/aromatic N) is 3. The molecule has 0 saturated carbocycles. The Morgan fingerprint density at radius 2 is 2.25 bits per heavy atom. The van der Waals surface area contributed by atoms with Crippen molar-refractivity contribution in [2.75, 3.05) is 6.54 Å². The Bertz CT molecular complexity index is 418. The Hall–Kier alpha value is -0.840. The minimum Gasteiger partial charge on any atom is -0.309 e. The fraction of sp³-hybridized carbons (Fsp3) is 0.400. The van der Waals surface area contributed by atoms with Crippen LogP contribution in [0.3, 0.4) is 0 Å². The quantitative estimate of drug-likeness (QED) is 0.853. The van der Waals surface area contributed by atoms with Crippen molar-refractivity contribution in [1.29, 1.82) is 0 Å². The maximum Gasteiger partial charge on any atom is 0.233 e. The van der Waals surface area contributed by atoms with Crippen molar-refractivity contribution in [3.05, 3.63) is 30.4 Å². The van der Waals surface area contributed by atoms with Crippen molar-refractivity contribution in [3.63, 3.8) is 0 Å². The van der Waals surface area contributed by atoms with Crippen LogP contribution in [-0.4, -0.2) is 20.9 Å². The number of imidazole rings is 1. The zero-order valence-corrected chi connectivity index (χ0v) is 10.3. The van der Waals surface area contributed by atoms with E-state index in [1.165, 1.54) is 12.8 Å². The third kappa shape index (κ3) is 2.29. The maximum absolute atomic E-state index is 4.48. The first-order valence-electron chi connectivity index (χ1n) is 4.96. The molecule has 1 atom stereocenters. The third-order valence-corrected chi connectivity index (χ3v) is 2.67. The molecule has 0 spiro atoms. The van der Waals surface area contributed by atoms with E-state index in [-0.39, 0.29) is 24.8 Å². The number of fused-ring (bicyclic) bond motifs is 1. The first-order chi connectivity index (χ1) is 6.93. The fourth-order valence-corrected chi connectivity index (χ4v) is 1.95. The van der Waals surface area contributed by atoms with Gasteiger partial charge in [-0.05, 0) is 25.5 Å². The Morgan fingerprint density at radius 3 is 2.94 bits per heavy atom. The number of rotatable bonds is 1. The monoisotopic (exact) mass is 260 g/mol. The molecule has 1 saturated heterocycles. The van der Waals surface area contributed by atoms with Crippen molar-refractivity contribution in [2.24, 2.45) is 0 Å². The van der Waals surface area contributed by atoms with E-state index in [1.54, 1.807) is 6.20 Å². The summed E-state index contributed by atoms with van der Waals surface area (Å²) in [4.78, 5) is 8.68. The summed E-state index contributed by atoms with van der Waals surface area (Å²) in [6.07, 6.45) is 8.24. The molecule has 2 aromatic rings.